The van der Waals surface area contributed by atoms with Gasteiger partial charge in [-0.15, -0.1) is 0 Å². The van der Waals surface area contributed by atoms with Crippen molar-refractivity contribution in [3.63, 3.8) is 0 Å². The van der Waals surface area contributed by atoms with Crippen LogP contribution in [0.4, 0.5) is 14.5 Å². The Labute approximate surface area is 180 Å². The Hall–Kier alpha value is -3.36. The molecule has 0 bridgehead atoms. The predicted octanol–water partition coefficient (Wildman–Crippen LogP) is 2.23. The average Bonchev–Trinajstić information content (AvgIpc) is 3.19. The number of para-hydroxylation sites is 1. The van der Waals surface area contributed by atoms with Gasteiger partial charge < -0.3 is 26.0 Å². The SMILES string of the molecule is CCNC(=NCCNC(=O)c1ccc(O)cc1)NC1CCN(c2c(F)cccc2F)C1. The highest BCUT2D eigenvalue weighted by Gasteiger charge is 2.27. The Bertz CT molecular complexity index is 900. The van der Waals surface area contributed by atoms with Crippen LogP contribution in [-0.2, 0) is 0 Å². The number of aromatic hydroxyl groups is 1. The maximum absolute atomic E-state index is 14.0. The molecule has 0 radical (unpaired) electrons. The van der Waals surface area contributed by atoms with E-state index in [1.807, 2.05) is 6.92 Å². The number of amides is 1. The number of rotatable bonds is 7. The van der Waals surface area contributed by atoms with Crippen LogP contribution in [0.15, 0.2) is 47.5 Å². The minimum Gasteiger partial charge on any atom is -0.508 e. The van der Waals surface area contributed by atoms with E-state index in [1.165, 1.54) is 30.3 Å². The van der Waals surface area contributed by atoms with Crippen molar-refractivity contribution >= 4 is 17.6 Å². The highest BCUT2D eigenvalue weighted by atomic mass is 19.1. The molecule has 0 aliphatic carbocycles. The molecule has 1 saturated heterocycles. The van der Waals surface area contributed by atoms with Gasteiger partial charge in [0.25, 0.3) is 5.91 Å². The molecule has 7 nitrogen and oxygen atoms in total. The topological polar surface area (TPSA) is 89.0 Å². The first-order valence-corrected chi connectivity index (χ1v) is 10.3. The van der Waals surface area contributed by atoms with Crippen molar-refractivity contribution in [1.82, 2.24) is 16.0 Å². The molecule has 1 unspecified atom stereocenters. The molecule has 2 aromatic rings. The summed E-state index contributed by atoms with van der Waals surface area (Å²) < 4.78 is 28.1. The third-order valence-corrected chi connectivity index (χ3v) is 4.92. The lowest BCUT2D eigenvalue weighted by Crippen LogP contribution is -2.45. The molecule has 1 aliphatic rings. The van der Waals surface area contributed by atoms with Crippen LogP contribution in [0.5, 0.6) is 5.75 Å². The second kappa shape index (κ2) is 10.6. The Kier molecular flexibility index (Phi) is 7.64. The van der Waals surface area contributed by atoms with Crippen molar-refractivity contribution in [1.29, 1.82) is 0 Å². The van der Waals surface area contributed by atoms with E-state index in [9.17, 15) is 18.7 Å². The van der Waals surface area contributed by atoms with E-state index in [2.05, 4.69) is 20.9 Å². The third-order valence-electron chi connectivity index (χ3n) is 4.92. The number of halogens is 2. The quantitative estimate of drug-likeness (QED) is 0.307. The summed E-state index contributed by atoms with van der Waals surface area (Å²) in [7, 11) is 0. The Morgan fingerprint density at radius 1 is 1.16 bits per heavy atom. The lowest BCUT2D eigenvalue weighted by Gasteiger charge is -2.21. The fourth-order valence-corrected chi connectivity index (χ4v) is 3.44. The molecule has 1 aliphatic heterocycles. The summed E-state index contributed by atoms with van der Waals surface area (Å²) in [5.41, 5.74) is 0.462. The number of anilines is 1. The third kappa shape index (κ3) is 6.07. The van der Waals surface area contributed by atoms with Crippen molar-refractivity contribution in [2.75, 3.05) is 37.6 Å². The van der Waals surface area contributed by atoms with Crippen LogP contribution in [0.1, 0.15) is 23.7 Å². The maximum atomic E-state index is 14.0. The van der Waals surface area contributed by atoms with Gasteiger partial charge in [0.05, 0.1) is 6.54 Å². The summed E-state index contributed by atoms with van der Waals surface area (Å²) >= 11 is 0. The fraction of sp³-hybridized carbons (Fsp3) is 0.364. The second-order valence-corrected chi connectivity index (χ2v) is 7.21. The molecule has 9 heteroatoms. The van der Waals surface area contributed by atoms with Gasteiger partial charge in [0.2, 0.25) is 0 Å². The number of guanidine groups is 1. The Morgan fingerprint density at radius 2 is 1.87 bits per heavy atom. The van der Waals surface area contributed by atoms with Crippen LogP contribution < -0.4 is 20.9 Å². The van der Waals surface area contributed by atoms with E-state index in [1.54, 1.807) is 17.0 Å². The van der Waals surface area contributed by atoms with E-state index in [4.69, 9.17) is 0 Å². The van der Waals surface area contributed by atoms with Crippen LogP contribution in [0.3, 0.4) is 0 Å². The number of phenols is 1. The normalized spacial score (nSPS) is 16.3. The van der Waals surface area contributed by atoms with Gasteiger partial charge >= 0.3 is 0 Å². The van der Waals surface area contributed by atoms with E-state index < -0.39 is 11.6 Å². The van der Waals surface area contributed by atoms with Gasteiger partial charge in [0.1, 0.15) is 23.1 Å². The maximum Gasteiger partial charge on any atom is 0.251 e. The van der Waals surface area contributed by atoms with Crippen LogP contribution in [0.2, 0.25) is 0 Å². The summed E-state index contributed by atoms with van der Waals surface area (Å²) in [5.74, 6) is -0.685. The zero-order chi connectivity index (χ0) is 22.2. The Balaban J connectivity index is 1.50. The first-order valence-electron chi connectivity index (χ1n) is 10.3. The van der Waals surface area contributed by atoms with E-state index in [0.29, 0.717) is 44.2 Å². The molecule has 1 atom stereocenters. The smallest absolute Gasteiger partial charge is 0.251 e. The monoisotopic (exact) mass is 431 g/mol. The summed E-state index contributed by atoms with van der Waals surface area (Å²) in [5, 5.41) is 18.5. The molecule has 1 fully saturated rings. The Morgan fingerprint density at radius 3 is 2.55 bits per heavy atom. The standard InChI is InChI=1S/C22H27F2N5O2/c1-2-25-22(27-12-11-26-21(31)15-6-8-17(30)9-7-15)28-16-10-13-29(14-16)20-18(23)4-3-5-19(20)24/h3-9,16,30H,2,10-14H2,1H3,(H,26,31)(H2,25,27,28). The number of benzene rings is 2. The molecule has 31 heavy (non-hydrogen) atoms. The summed E-state index contributed by atoms with van der Waals surface area (Å²) in [6, 6.07) is 9.87. The molecule has 0 aromatic heterocycles. The number of phenolic OH excluding ortho intramolecular Hbond substituents is 1. The van der Waals surface area contributed by atoms with Gasteiger partial charge in [-0.3, -0.25) is 9.79 Å². The van der Waals surface area contributed by atoms with Crippen LogP contribution in [0, 0.1) is 11.6 Å². The van der Waals surface area contributed by atoms with Crippen molar-refractivity contribution in [3.05, 3.63) is 59.7 Å². The molecule has 4 N–H and O–H groups in total. The van der Waals surface area contributed by atoms with Crippen LogP contribution >= 0.6 is 0 Å². The molecular weight excluding hydrogens is 404 g/mol. The zero-order valence-corrected chi connectivity index (χ0v) is 17.4. The summed E-state index contributed by atoms with van der Waals surface area (Å²) in [4.78, 5) is 18.3. The number of carbonyl (C=O) groups is 1. The number of hydrogen-bond acceptors (Lipinski definition) is 4. The minimum atomic E-state index is -0.564. The van der Waals surface area contributed by atoms with Crippen molar-refractivity contribution in [2.24, 2.45) is 4.99 Å². The molecule has 0 spiro atoms. The van der Waals surface area contributed by atoms with Gasteiger partial charge in [0.15, 0.2) is 5.96 Å². The van der Waals surface area contributed by atoms with Gasteiger partial charge in [0, 0.05) is 37.8 Å². The first kappa shape index (κ1) is 22.3. The highest BCUT2D eigenvalue weighted by molar-refractivity contribution is 5.94. The van der Waals surface area contributed by atoms with Gasteiger partial charge in [-0.05, 0) is 49.7 Å². The summed E-state index contributed by atoms with van der Waals surface area (Å²) in [6.07, 6.45) is 0.718. The second-order valence-electron chi connectivity index (χ2n) is 7.21. The average molecular weight is 431 g/mol. The molecule has 1 heterocycles. The lowest BCUT2D eigenvalue weighted by molar-refractivity contribution is 0.0955. The van der Waals surface area contributed by atoms with E-state index >= 15 is 0 Å². The van der Waals surface area contributed by atoms with Crippen LogP contribution in [0.25, 0.3) is 0 Å². The largest absolute Gasteiger partial charge is 0.508 e. The first-order chi connectivity index (χ1) is 15.0. The molecule has 3 rings (SSSR count). The molecule has 1 amide bonds. The number of nitrogens with zero attached hydrogens (tertiary/aromatic N) is 2. The lowest BCUT2D eigenvalue weighted by atomic mass is 10.2. The van der Waals surface area contributed by atoms with E-state index in [0.717, 1.165) is 6.42 Å². The number of aliphatic imine (C=N–C) groups is 1. The zero-order valence-electron chi connectivity index (χ0n) is 17.4. The van der Waals surface area contributed by atoms with Gasteiger partial charge in [-0.1, -0.05) is 6.07 Å². The van der Waals surface area contributed by atoms with Gasteiger partial charge in [-0.25, -0.2) is 8.78 Å². The molecular formula is C22H27F2N5O2. The van der Waals surface area contributed by atoms with Crippen LogP contribution in [-0.4, -0.2) is 55.7 Å². The highest BCUT2D eigenvalue weighted by Crippen LogP contribution is 2.26. The molecule has 0 saturated carbocycles. The summed E-state index contributed by atoms with van der Waals surface area (Å²) in [6.45, 7) is 4.30. The fourth-order valence-electron chi connectivity index (χ4n) is 3.44. The van der Waals surface area contributed by atoms with Crippen molar-refractivity contribution in [2.45, 2.75) is 19.4 Å². The number of hydrogen-bond donors (Lipinski definition) is 4. The van der Waals surface area contributed by atoms with Crippen molar-refractivity contribution in [3.8, 4) is 5.75 Å². The van der Waals surface area contributed by atoms with Gasteiger partial charge in [-0.2, -0.15) is 0 Å². The number of carbonyl (C=O) groups excluding carboxylic acids is 1. The number of nitrogens with one attached hydrogen (secondary N) is 3. The molecule has 2 aromatic carbocycles. The minimum absolute atomic E-state index is 0.00526. The van der Waals surface area contributed by atoms with E-state index in [-0.39, 0.29) is 23.4 Å². The molecule has 166 valence electrons. The van der Waals surface area contributed by atoms with Crippen molar-refractivity contribution < 1.29 is 18.7 Å². The predicted molar refractivity (Wildman–Crippen MR) is 117 cm³/mol.